The number of benzene rings is 1. The average Bonchev–Trinajstić information content (AvgIpc) is 2.69. The molecule has 0 unspecified atom stereocenters. The largest absolute Gasteiger partial charge is 0.337 e. The minimum absolute atomic E-state index is 0.0163. The monoisotopic (exact) mass is 332 g/mol. The Kier molecular flexibility index (Phi) is 4.37. The second-order valence-corrected chi connectivity index (χ2v) is 6.56. The lowest BCUT2D eigenvalue weighted by atomic mass is 9.89. The predicted octanol–water partition coefficient (Wildman–Crippen LogP) is 3.12. The van der Waals surface area contributed by atoms with E-state index in [9.17, 15) is 4.79 Å². The highest BCUT2D eigenvalue weighted by atomic mass is 16.2. The zero-order valence-corrected chi connectivity index (χ0v) is 14.0. The molecule has 1 aromatic carbocycles. The first-order valence-electron chi connectivity index (χ1n) is 8.71. The summed E-state index contributed by atoms with van der Waals surface area (Å²) in [5.41, 5.74) is 2.77. The highest BCUT2D eigenvalue weighted by molar-refractivity contribution is 5.92. The summed E-state index contributed by atoms with van der Waals surface area (Å²) >= 11 is 0. The molecule has 5 nitrogen and oxygen atoms in total. The summed E-state index contributed by atoms with van der Waals surface area (Å²) in [7, 11) is 0. The van der Waals surface area contributed by atoms with Gasteiger partial charge < -0.3 is 4.90 Å². The van der Waals surface area contributed by atoms with Crippen LogP contribution in [0.4, 0.5) is 0 Å². The molecule has 25 heavy (non-hydrogen) atoms. The summed E-state index contributed by atoms with van der Waals surface area (Å²) in [6.07, 6.45) is 6.55. The maximum absolute atomic E-state index is 12.6. The van der Waals surface area contributed by atoms with E-state index in [0.717, 1.165) is 37.9 Å². The lowest BCUT2D eigenvalue weighted by Gasteiger charge is -2.32. The molecule has 0 aliphatic carbocycles. The summed E-state index contributed by atoms with van der Waals surface area (Å²) in [6.45, 7) is 1.56. The molecular weight excluding hydrogens is 312 g/mol. The van der Waals surface area contributed by atoms with E-state index in [1.165, 1.54) is 10.9 Å². The molecule has 0 N–H and O–H groups in total. The molecule has 3 heterocycles. The number of carbonyl (C=O) groups excluding carboxylic acids is 1. The third-order valence-electron chi connectivity index (χ3n) is 4.84. The van der Waals surface area contributed by atoms with Crippen molar-refractivity contribution < 1.29 is 4.79 Å². The number of carbonyl (C=O) groups is 1. The van der Waals surface area contributed by atoms with Crippen molar-refractivity contribution in [1.82, 2.24) is 20.1 Å². The third kappa shape index (κ3) is 3.36. The SMILES string of the molecule is O=C(c1cccnn1)N1CCC[C@@H](Cc2cccc3ncccc23)C1. The molecule has 4 rings (SSSR count). The number of rotatable bonds is 3. The van der Waals surface area contributed by atoms with Crippen LogP contribution in [-0.2, 0) is 6.42 Å². The number of fused-ring (bicyclic) bond motifs is 1. The minimum atomic E-state index is -0.0163. The number of pyridine rings is 1. The third-order valence-corrected chi connectivity index (χ3v) is 4.84. The molecule has 1 aliphatic heterocycles. The molecule has 0 saturated carbocycles. The Morgan fingerprint density at radius 3 is 2.92 bits per heavy atom. The smallest absolute Gasteiger partial charge is 0.274 e. The highest BCUT2D eigenvalue weighted by Gasteiger charge is 2.25. The van der Waals surface area contributed by atoms with Crippen LogP contribution in [0.2, 0.25) is 0 Å². The molecule has 126 valence electrons. The van der Waals surface area contributed by atoms with E-state index >= 15 is 0 Å². The van der Waals surface area contributed by atoms with E-state index in [0.29, 0.717) is 11.6 Å². The van der Waals surface area contributed by atoms with Gasteiger partial charge in [-0.15, -0.1) is 5.10 Å². The van der Waals surface area contributed by atoms with Gasteiger partial charge in [-0.2, -0.15) is 5.10 Å². The zero-order chi connectivity index (χ0) is 17.1. The summed E-state index contributed by atoms with van der Waals surface area (Å²) in [6, 6.07) is 13.9. The maximum atomic E-state index is 12.6. The van der Waals surface area contributed by atoms with Gasteiger partial charge in [0.05, 0.1) is 5.52 Å². The first-order chi connectivity index (χ1) is 12.3. The lowest BCUT2D eigenvalue weighted by molar-refractivity contribution is 0.0666. The van der Waals surface area contributed by atoms with E-state index < -0.39 is 0 Å². The quantitative estimate of drug-likeness (QED) is 0.739. The molecule has 0 bridgehead atoms. The molecule has 0 spiro atoms. The molecule has 0 radical (unpaired) electrons. The Labute approximate surface area is 146 Å². The fourth-order valence-corrected chi connectivity index (χ4v) is 3.65. The normalized spacial score (nSPS) is 17.6. The van der Waals surface area contributed by atoms with Crippen LogP contribution in [0.5, 0.6) is 0 Å². The van der Waals surface area contributed by atoms with Crippen molar-refractivity contribution in [3.05, 3.63) is 66.1 Å². The second kappa shape index (κ2) is 6.97. The lowest BCUT2D eigenvalue weighted by Crippen LogP contribution is -2.40. The van der Waals surface area contributed by atoms with Crippen molar-refractivity contribution in [1.29, 1.82) is 0 Å². The molecule has 1 fully saturated rings. The average molecular weight is 332 g/mol. The van der Waals surface area contributed by atoms with Crippen molar-refractivity contribution in [3.63, 3.8) is 0 Å². The van der Waals surface area contributed by atoms with Crippen molar-refractivity contribution >= 4 is 16.8 Å². The van der Waals surface area contributed by atoms with Gasteiger partial charge in [-0.25, -0.2) is 0 Å². The van der Waals surface area contributed by atoms with Crippen molar-refractivity contribution in [2.45, 2.75) is 19.3 Å². The minimum Gasteiger partial charge on any atom is -0.337 e. The molecule has 2 aromatic heterocycles. The van der Waals surface area contributed by atoms with Crippen molar-refractivity contribution in [2.24, 2.45) is 5.92 Å². The first-order valence-corrected chi connectivity index (χ1v) is 8.71. The van der Waals surface area contributed by atoms with Crippen LogP contribution in [0, 0.1) is 5.92 Å². The van der Waals surface area contributed by atoms with Gasteiger partial charge >= 0.3 is 0 Å². The molecule has 5 heteroatoms. The van der Waals surface area contributed by atoms with Gasteiger partial charge in [0.2, 0.25) is 0 Å². The van der Waals surface area contributed by atoms with E-state index in [-0.39, 0.29) is 5.91 Å². The zero-order valence-electron chi connectivity index (χ0n) is 14.0. The van der Waals surface area contributed by atoms with Crippen LogP contribution in [0.1, 0.15) is 28.9 Å². The van der Waals surface area contributed by atoms with Gasteiger partial charge in [-0.1, -0.05) is 18.2 Å². The van der Waals surface area contributed by atoms with Crippen molar-refractivity contribution in [2.75, 3.05) is 13.1 Å². The van der Waals surface area contributed by atoms with Gasteiger partial charge in [0.1, 0.15) is 0 Å². The molecule has 3 aromatic rings. The second-order valence-electron chi connectivity index (χ2n) is 6.56. The Morgan fingerprint density at radius 1 is 1.12 bits per heavy atom. The van der Waals surface area contributed by atoms with Crippen LogP contribution < -0.4 is 0 Å². The fourth-order valence-electron chi connectivity index (χ4n) is 3.65. The predicted molar refractivity (Wildman–Crippen MR) is 96.1 cm³/mol. The van der Waals surface area contributed by atoms with Crippen molar-refractivity contribution in [3.8, 4) is 0 Å². The van der Waals surface area contributed by atoms with E-state index in [1.54, 1.807) is 18.3 Å². The van der Waals surface area contributed by atoms with E-state index in [4.69, 9.17) is 0 Å². The number of hydrogen-bond donors (Lipinski definition) is 0. The number of hydrogen-bond acceptors (Lipinski definition) is 4. The standard InChI is InChI=1S/C20H20N4O/c25-20(19-9-3-11-22-23-19)24-12-4-5-15(14-24)13-16-6-1-8-18-17(16)7-2-10-21-18/h1-3,6-11,15H,4-5,12-14H2/t15-/m0/s1. The van der Waals surface area contributed by atoms with Gasteiger partial charge in [0, 0.05) is 30.9 Å². The van der Waals surface area contributed by atoms with Crippen LogP contribution in [0.25, 0.3) is 10.9 Å². The van der Waals surface area contributed by atoms with E-state index in [1.807, 2.05) is 23.2 Å². The first kappa shape index (κ1) is 15.7. The molecule has 1 amide bonds. The van der Waals surface area contributed by atoms with Gasteiger partial charge in [0.25, 0.3) is 5.91 Å². The number of amides is 1. The summed E-state index contributed by atoms with van der Waals surface area (Å²) < 4.78 is 0. The number of aromatic nitrogens is 3. The Morgan fingerprint density at radius 2 is 2.04 bits per heavy atom. The van der Waals surface area contributed by atoms with Crippen LogP contribution in [0.15, 0.2) is 54.9 Å². The summed E-state index contributed by atoms with van der Waals surface area (Å²) in [5.74, 6) is 0.442. The number of nitrogens with zero attached hydrogens (tertiary/aromatic N) is 4. The molecule has 1 aliphatic rings. The van der Waals surface area contributed by atoms with Crippen LogP contribution >= 0.6 is 0 Å². The highest BCUT2D eigenvalue weighted by Crippen LogP contribution is 2.25. The topological polar surface area (TPSA) is 59.0 Å². The Balaban J connectivity index is 1.51. The maximum Gasteiger partial charge on any atom is 0.274 e. The molecular formula is C20H20N4O. The van der Waals surface area contributed by atoms with Crippen LogP contribution in [-0.4, -0.2) is 39.1 Å². The fraction of sp³-hybridized carbons (Fsp3) is 0.300. The van der Waals surface area contributed by atoms with Gasteiger partial charge in [-0.05, 0) is 55.0 Å². The summed E-state index contributed by atoms with van der Waals surface area (Å²) in [5, 5.41) is 8.98. The summed E-state index contributed by atoms with van der Waals surface area (Å²) in [4.78, 5) is 19.0. The van der Waals surface area contributed by atoms with Crippen LogP contribution in [0.3, 0.4) is 0 Å². The van der Waals surface area contributed by atoms with Gasteiger partial charge in [0.15, 0.2) is 5.69 Å². The van der Waals surface area contributed by atoms with E-state index in [2.05, 4.69) is 33.4 Å². The Bertz CT molecular complexity index is 876. The molecule has 1 saturated heterocycles. The Hall–Kier alpha value is -2.82. The number of piperidine rings is 1. The molecule has 1 atom stereocenters. The van der Waals surface area contributed by atoms with Gasteiger partial charge in [-0.3, -0.25) is 9.78 Å². The number of likely N-dealkylation sites (tertiary alicyclic amines) is 1.